The molecule has 22 heavy (non-hydrogen) atoms. The molecule has 0 aliphatic heterocycles. The molecule has 0 radical (unpaired) electrons. The quantitative estimate of drug-likeness (QED) is 0.670. The molecule has 0 amide bonds. The molecule has 1 heterocycles. The van der Waals surface area contributed by atoms with Gasteiger partial charge in [-0.1, -0.05) is 26.0 Å². The minimum Gasteiger partial charge on any atom is -0.491 e. The molecule has 0 saturated heterocycles. The SMILES string of the molecule is CC(C)NC[C@H](O)COc1ccc(Cc2nc(Br)c[nH]2)cc1. The minimum absolute atomic E-state index is 0.282. The summed E-state index contributed by atoms with van der Waals surface area (Å²) in [4.78, 5) is 7.41. The van der Waals surface area contributed by atoms with E-state index in [1.807, 2.05) is 44.3 Å². The third-order valence-electron chi connectivity index (χ3n) is 3.10. The van der Waals surface area contributed by atoms with Crippen molar-refractivity contribution in [2.45, 2.75) is 32.4 Å². The van der Waals surface area contributed by atoms with Crippen molar-refractivity contribution >= 4 is 15.9 Å². The molecular weight excluding hydrogens is 346 g/mol. The van der Waals surface area contributed by atoms with Crippen molar-refractivity contribution in [1.29, 1.82) is 0 Å². The molecule has 0 bridgehead atoms. The molecule has 0 saturated carbocycles. The number of H-pyrrole nitrogens is 1. The van der Waals surface area contributed by atoms with Crippen LogP contribution in [0.4, 0.5) is 0 Å². The van der Waals surface area contributed by atoms with E-state index in [0.717, 1.165) is 28.2 Å². The Morgan fingerprint density at radius 3 is 2.64 bits per heavy atom. The maximum Gasteiger partial charge on any atom is 0.124 e. The predicted octanol–water partition coefficient (Wildman–Crippen LogP) is 2.50. The van der Waals surface area contributed by atoms with Crippen molar-refractivity contribution in [3.63, 3.8) is 0 Å². The van der Waals surface area contributed by atoms with Gasteiger partial charge in [0.2, 0.25) is 0 Å². The zero-order valence-corrected chi connectivity index (χ0v) is 14.4. The number of imidazole rings is 1. The van der Waals surface area contributed by atoms with E-state index in [0.29, 0.717) is 12.6 Å². The van der Waals surface area contributed by atoms with Crippen LogP contribution in [0.5, 0.6) is 5.75 Å². The molecular formula is C16H22BrN3O2. The normalized spacial score (nSPS) is 12.6. The Hall–Kier alpha value is -1.37. The number of aromatic nitrogens is 2. The van der Waals surface area contributed by atoms with Crippen molar-refractivity contribution in [1.82, 2.24) is 15.3 Å². The lowest BCUT2D eigenvalue weighted by atomic mass is 10.1. The van der Waals surface area contributed by atoms with E-state index < -0.39 is 6.10 Å². The second-order valence-corrected chi connectivity index (χ2v) is 6.33. The Labute approximate surface area is 139 Å². The fourth-order valence-corrected chi connectivity index (χ4v) is 2.28. The largest absolute Gasteiger partial charge is 0.491 e. The van der Waals surface area contributed by atoms with Gasteiger partial charge in [-0.25, -0.2) is 4.98 Å². The van der Waals surface area contributed by atoms with Gasteiger partial charge in [0.1, 0.15) is 28.9 Å². The fraction of sp³-hybridized carbons (Fsp3) is 0.438. The van der Waals surface area contributed by atoms with Crippen LogP contribution in [0.1, 0.15) is 25.2 Å². The van der Waals surface area contributed by atoms with E-state index in [4.69, 9.17) is 4.74 Å². The average Bonchev–Trinajstić information content (AvgIpc) is 2.89. The molecule has 1 aromatic heterocycles. The molecule has 0 fully saturated rings. The maximum absolute atomic E-state index is 9.81. The van der Waals surface area contributed by atoms with Gasteiger partial charge in [-0.2, -0.15) is 0 Å². The van der Waals surface area contributed by atoms with Gasteiger partial charge in [0.25, 0.3) is 0 Å². The van der Waals surface area contributed by atoms with Crippen molar-refractivity contribution in [2.24, 2.45) is 0 Å². The first kappa shape index (κ1) is 17.0. The van der Waals surface area contributed by atoms with Crippen LogP contribution in [-0.4, -0.2) is 40.4 Å². The van der Waals surface area contributed by atoms with Crippen LogP contribution >= 0.6 is 15.9 Å². The second-order valence-electron chi connectivity index (χ2n) is 5.52. The molecule has 2 rings (SSSR count). The van der Waals surface area contributed by atoms with Gasteiger partial charge in [-0.05, 0) is 33.6 Å². The Morgan fingerprint density at radius 1 is 1.32 bits per heavy atom. The number of aromatic amines is 1. The van der Waals surface area contributed by atoms with Crippen LogP contribution in [0.25, 0.3) is 0 Å². The highest BCUT2D eigenvalue weighted by Gasteiger charge is 2.06. The third kappa shape index (κ3) is 5.79. The number of hydrogen-bond acceptors (Lipinski definition) is 4. The van der Waals surface area contributed by atoms with Crippen molar-refractivity contribution in [3.8, 4) is 5.75 Å². The first-order chi connectivity index (χ1) is 10.5. The number of nitrogens with one attached hydrogen (secondary N) is 2. The maximum atomic E-state index is 9.81. The van der Waals surface area contributed by atoms with Crippen LogP contribution in [0.2, 0.25) is 0 Å². The highest BCUT2D eigenvalue weighted by Crippen LogP contribution is 2.15. The van der Waals surface area contributed by atoms with Gasteiger partial charge in [0, 0.05) is 25.2 Å². The minimum atomic E-state index is -0.512. The Kier molecular flexibility index (Phi) is 6.42. The first-order valence-corrected chi connectivity index (χ1v) is 8.15. The average molecular weight is 368 g/mol. The van der Waals surface area contributed by atoms with Crippen LogP contribution in [0.15, 0.2) is 35.1 Å². The topological polar surface area (TPSA) is 70.2 Å². The van der Waals surface area contributed by atoms with Gasteiger partial charge < -0.3 is 20.1 Å². The number of nitrogens with zero attached hydrogens (tertiary/aromatic N) is 1. The summed E-state index contributed by atoms with van der Waals surface area (Å²) in [6, 6.07) is 8.19. The zero-order valence-electron chi connectivity index (χ0n) is 12.8. The molecule has 5 nitrogen and oxygen atoms in total. The van der Waals surface area contributed by atoms with E-state index in [1.54, 1.807) is 0 Å². The predicted molar refractivity (Wildman–Crippen MR) is 90.2 cm³/mol. The molecule has 3 N–H and O–H groups in total. The molecule has 6 heteroatoms. The second kappa shape index (κ2) is 8.31. The highest BCUT2D eigenvalue weighted by molar-refractivity contribution is 9.10. The lowest BCUT2D eigenvalue weighted by Crippen LogP contribution is -2.35. The lowest BCUT2D eigenvalue weighted by Gasteiger charge is -2.15. The van der Waals surface area contributed by atoms with Crippen LogP contribution < -0.4 is 10.1 Å². The van der Waals surface area contributed by atoms with Crippen molar-refractivity contribution in [3.05, 3.63) is 46.5 Å². The van der Waals surface area contributed by atoms with E-state index >= 15 is 0 Å². The lowest BCUT2D eigenvalue weighted by molar-refractivity contribution is 0.104. The number of hydrogen-bond donors (Lipinski definition) is 3. The summed E-state index contributed by atoms with van der Waals surface area (Å²) in [7, 11) is 0. The molecule has 0 spiro atoms. The zero-order chi connectivity index (χ0) is 15.9. The van der Waals surface area contributed by atoms with E-state index in [9.17, 15) is 5.11 Å². The molecule has 0 aliphatic rings. The number of aliphatic hydroxyl groups excluding tert-OH is 1. The van der Waals surface area contributed by atoms with Crippen LogP contribution in [0, 0.1) is 0 Å². The van der Waals surface area contributed by atoms with Gasteiger partial charge in [-0.3, -0.25) is 0 Å². The molecule has 1 atom stereocenters. The Balaban J connectivity index is 1.79. The monoisotopic (exact) mass is 367 g/mol. The first-order valence-electron chi connectivity index (χ1n) is 7.36. The van der Waals surface area contributed by atoms with Crippen molar-refractivity contribution in [2.75, 3.05) is 13.2 Å². The van der Waals surface area contributed by atoms with Gasteiger partial charge in [0.15, 0.2) is 0 Å². The molecule has 2 aromatic rings. The fourth-order valence-electron chi connectivity index (χ4n) is 1.95. The smallest absolute Gasteiger partial charge is 0.124 e. The Morgan fingerprint density at radius 2 is 2.05 bits per heavy atom. The number of ether oxygens (including phenoxy) is 1. The molecule has 0 aliphatic carbocycles. The number of rotatable bonds is 8. The third-order valence-corrected chi connectivity index (χ3v) is 3.50. The van der Waals surface area contributed by atoms with E-state index in [-0.39, 0.29) is 6.61 Å². The summed E-state index contributed by atoms with van der Waals surface area (Å²) in [6.45, 7) is 4.90. The van der Waals surface area contributed by atoms with E-state index in [1.165, 1.54) is 0 Å². The summed E-state index contributed by atoms with van der Waals surface area (Å²) >= 11 is 3.32. The Bertz CT molecular complexity index is 569. The molecule has 120 valence electrons. The number of halogens is 1. The van der Waals surface area contributed by atoms with Gasteiger partial charge in [-0.15, -0.1) is 0 Å². The summed E-state index contributed by atoms with van der Waals surface area (Å²) in [5.41, 5.74) is 1.15. The van der Waals surface area contributed by atoms with Crippen molar-refractivity contribution < 1.29 is 9.84 Å². The van der Waals surface area contributed by atoms with E-state index in [2.05, 4.69) is 31.2 Å². The van der Waals surface area contributed by atoms with Crippen LogP contribution in [0.3, 0.4) is 0 Å². The summed E-state index contributed by atoms with van der Waals surface area (Å²) in [5.74, 6) is 1.67. The summed E-state index contributed by atoms with van der Waals surface area (Å²) in [5, 5.41) is 13.0. The number of aliphatic hydroxyl groups is 1. The standard InChI is InChI=1S/C16H22BrN3O2/c1-11(2)18-8-13(21)10-22-14-5-3-12(4-6-14)7-16-19-9-15(17)20-16/h3-6,9,11,13,18,21H,7-8,10H2,1-2H3,(H,19,20)/t13-/m0/s1. The van der Waals surface area contributed by atoms with Crippen LogP contribution in [-0.2, 0) is 6.42 Å². The summed E-state index contributed by atoms with van der Waals surface area (Å²) < 4.78 is 6.40. The highest BCUT2D eigenvalue weighted by atomic mass is 79.9. The summed E-state index contributed by atoms with van der Waals surface area (Å²) in [6.07, 6.45) is 2.05. The molecule has 0 unspecified atom stereocenters. The van der Waals surface area contributed by atoms with Gasteiger partial charge >= 0.3 is 0 Å². The molecule has 1 aromatic carbocycles. The number of benzene rings is 1. The van der Waals surface area contributed by atoms with Gasteiger partial charge in [0.05, 0.1) is 0 Å².